The molecule has 1 fully saturated rings. The molecule has 1 aromatic carbocycles. The summed E-state index contributed by atoms with van der Waals surface area (Å²) in [7, 11) is 1.55. The van der Waals surface area contributed by atoms with Crippen molar-refractivity contribution < 1.29 is 19.4 Å². The van der Waals surface area contributed by atoms with Crippen LogP contribution in [0.2, 0.25) is 0 Å². The second-order valence-corrected chi connectivity index (χ2v) is 6.45. The quantitative estimate of drug-likeness (QED) is 0.865. The van der Waals surface area contributed by atoms with Gasteiger partial charge < -0.3 is 14.7 Å². The smallest absolute Gasteiger partial charge is 0.303 e. The van der Waals surface area contributed by atoms with E-state index in [1.807, 2.05) is 11.0 Å². The van der Waals surface area contributed by atoms with Crippen LogP contribution in [0.5, 0.6) is 5.75 Å². The predicted molar refractivity (Wildman–Crippen MR) is 86.2 cm³/mol. The summed E-state index contributed by atoms with van der Waals surface area (Å²) in [6, 6.07) is 5.35. The van der Waals surface area contributed by atoms with Crippen molar-refractivity contribution in [2.75, 3.05) is 20.2 Å². The number of hydrogen-bond acceptors (Lipinski definition) is 3. The van der Waals surface area contributed by atoms with E-state index >= 15 is 0 Å². The van der Waals surface area contributed by atoms with E-state index in [1.54, 1.807) is 19.2 Å². The fraction of sp³-hybridized carbons (Fsp3) is 0.500. The summed E-state index contributed by atoms with van der Waals surface area (Å²) in [5.74, 6) is -0.0234. The zero-order valence-electron chi connectivity index (χ0n) is 12.5. The van der Waals surface area contributed by atoms with Gasteiger partial charge in [-0.2, -0.15) is 0 Å². The third-order valence-electron chi connectivity index (χ3n) is 3.97. The van der Waals surface area contributed by atoms with Gasteiger partial charge in [0.15, 0.2) is 0 Å². The summed E-state index contributed by atoms with van der Waals surface area (Å²) in [6.07, 6.45) is 2.67. The van der Waals surface area contributed by atoms with Crippen LogP contribution in [0.25, 0.3) is 0 Å². The minimum Gasteiger partial charge on any atom is -0.496 e. The highest BCUT2D eigenvalue weighted by Crippen LogP contribution is 2.27. The Hall–Kier alpha value is -1.56. The van der Waals surface area contributed by atoms with Crippen LogP contribution in [-0.2, 0) is 4.79 Å². The highest BCUT2D eigenvalue weighted by atomic mass is 79.9. The van der Waals surface area contributed by atoms with Crippen LogP contribution in [0.1, 0.15) is 36.0 Å². The van der Waals surface area contributed by atoms with Gasteiger partial charge in [-0.05, 0) is 43.4 Å². The number of ether oxygens (including phenoxy) is 1. The van der Waals surface area contributed by atoms with Crippen molar-refractivity contribution in [1.29, 1.82) is 0 Å². The number of carboxylic acids is 1. The molecule has 1 heterocycles. The Balaban J connectivity index is 2.07. The molecule has 0 bridgehead atoms. The molecule has 0 aliphatic carbocycles. The predicted octanol–water partition coefficient (Wildman–Crippen LogP) is 3.17. The molecule has 0 aromatic heterocycles. The Labute approximate surface area is 138 Å². The number of hydrogen-bond donors (Lipinski definition) is 1. The van der Waals surface area contributed by atoms with Crippen molar-refractivity contribution in [1.82, 2.24) is 4.90 Å². The number of carboxylic acid groups (broad SMARTS) is 1. The van der Waals surface area contributed by atoms with Crippen molar-refractivity contribution in [2.45, 2.75) is 25.7 Å². The van der Waals surface area contributed by atoms with Crippen molar-refractivity contribution in [2.24, 2.45) is 5.92 Å². The fourth-order valence-electron chi connectivity index (χ4n) is 2.82. The molecule has 1 N–H and O–H groups in total. The van der Waals surface area contributed by atoms with Gasteiger partial charge in [0.05, 0.1) is 12.7 Å². The van der Waals surface area contributed by atoms with E-state index in [0.717, 1.165) is 17.3 Å². The highest BCUT2D eigenvalue weighted by Gasteiger charge is 2.26. The molecule has 2 rings (SSSR count). The number of likely N-dealkylation sites (tertiary alicyclic amines) is 1. The van der Waals surface area contributed by atoms with E-state index in [4.69, 9.17) is 9.84 Å². The van der Waals surface area contributed by atoms with Gasteiger partial charge in [-0.3, -0.25) is 9.59 Å². The molecule has 1 saturated heterocycles. The number of nitrogens with zero attached hydrogens (tertiary/aromatic N) is 1. The van der Waals surface area contributed by atoms with Gasteiger partial charge >= 0.3 is 5.97 Å². The van der Waals surface area contributed by atoms with Crippen LogP contribution in [0.15, 0.2) is 22.7 Å². The molecule has 1 aliphatic heterocycles. The Kier molecular flexibility index (Phi) is 5.83. The maximum absolute atomic E-state index is 12.7. The van der Waals surface area contributed by atoms with Gasteiger partial charge in [0.1, 0.15) is 5.75 Å². The lowest BCUT2D eigenvalue weighted by molar-refractivity contribution is -0.137. The molecule has 0 unspecified atom stereocenters. The zero-order valence-corrected chi connectivity index (χ0v) is 14.1. The molecule has 0 spiro atoms. The first-order valence-electron chi connectivity index (χ1n) is 7.36. The molecule has 1 amide bonds. The number of carbonyl (C=O) groups excluding carboxylic acids is 1. The second-order valence-electron chi connectivity index (χ2n) is 5.54. The number of aliphatic carboxylic acids is 1. The molecule has 1 aromatic rings. The topological polar surface area (TPSA) is 66.8 Å². The molecule has 22 heavy (non-hydrogen) atoms. The van der Waals surface area contributed by atoms with E-state index in [1.165, 1.54) is 0 Å². The Morgan fingerprint density at radius 2 is 2.23 bits per heavy atom. The number of methoxy groups -OCH3 is 1. The lowest BCUT2D eigenvalue weighted by Gasteiger charge is -2.33. The van der Waals surface area contributed by atoms with E-state index < -0.39 is 5.97 Å². The molecule has 1 aliphatic rings. The molecule has 1 atom stereocenters. The van der Waals surface area contributed by atoms with Crippen LogP contribution in [0, 0.1) is 5.92 Å². The summed E-state index contributed by atoms with van der Waals surface area (Å²) >= 11 is 3.37. The number of halogens is 1. The molecule has 6 heteroatoms. The van der Waals surface area contributed by atoms with E-state index in [2.05, 4.69) is 15.9 Å². The minimum absolute atomic E-state index is 0.0515. The van der Waals surface area contributed by atoms with Crippen LogP contribution < -0.4 is 4.74 Å². The fourth-order valence-corrected chi connectivity index (χ4v) is 3.16. The number of piperidine rings is 1. The monoisotopic (exact) mass is 369 g/mol. The van der Waals surface area contributed by atoms with Gasteiger partial charge in [-0.15, -0.1) is 0 Å². The van der Waals surface area contributed by atoms with Crippen molar-refractivity contribution in [3.8, 4) is 5.75 Å². The lowest BCUT2D eigenvalue weighted by atomic mass is 9.93. The largest absolute Gasteiger partial charge is 0.496 e. The van der Waals surface area contributed by atoms with Gasteiger partial charge in [0, 0.05) is 24.0 Å². The Morgan fingerprint density at radius 1 is 1.45 bits per heavy atom. The van der Waals surface area contributed by atoms with Gasteiger partial charge in [-0.1, -0.05) is 15.9 Å². The van der Waals surface area contributed by atoms with Crippen molar-refractivity contribution in [3.05, 3.63) is 28.2 Å². The van der Waals surface area contributed by atoms with E-state index in [0.29, 0.717) is 30.8 Å². The summed E-state index contributed by atoms with van der Waals surface area (Å²) in [4.78, 5) is 25.2. The van der Waals surface area contributed by atoms with Crippen LogP contribution in [0.3, 0.4) is 0 Å². The third kappa shape index (κ3) is 4.22. The normalized spacial score (nSPS) is 18.1. The molecule has 120 valence electrons. The minimum atomic E-state index is -0.780. The van der Waals surface area contributed by atoms with E-state index in [9.17, 15) is 9.59 Å². The van der Waals surface area contributed by atoms with Crippen LogP contribution in [-0.4, -0.2) is 42.1 Å². The Bertz CT molecular complexity index is 561. The standard InChI is InChI=1S/C16H20BrNO4/c1-22-14-9-12(17)5-6-13(14)16(21)18-8-2-3-11(10-18)4-7-15(19)20/h5-6,9,11H,2-4,7-8,10H2,1H3,(H,19,20)/t11-/m0/s1. The third-order valence-corrected chi connectivity index (χ3v) is 4.46. The van der Waals surface area contributed by atoms with Gasteiger partial charge in [-0.25, -0.2) is 0 Å². The number of benzene rings is 1. The highest BCUT2D eigenvalue weighted by molar-refractivity contribution is 9.10. The van der Waals surface area contributed by atoms with Gasteiger partial charge in [0.25, 0.3) is 5.91 Å². The van der Waals surface area contributed by atoms with Crippen molar-refractivity contribution >= 4 is 27.8 Å². The average Bonchev–Trinajstić information content (AvgIpc) is 2.52. The number of amides is 1. The summed E-state index contributed by atoms with van der Waals surface area (Å²) < 4.78 is 6.15. The first-order valence-corrected chi connectivity index (χ1v) is 8.15. The second kappa shape index (κ2) is 7.63. The van der Waals surface area contributed by atoms with Gasteiger partial charge in [0.2, 0.25) is 0 Å². The van der Waals surface area contributed by atoms with Crippen molar-refractivity contribution in [3.63, 3.8) is 0 Å². The number of rotatable bonds is 5. The Morgan fingerprint density at radius 3 is 2.91 bits per heavy atom. The maximum atomic E-state index is 12.7. The molecular weight excluding hydrogens is 350 g/mol. The SMILES string of the molecule is COc1cc(Br)ccc1C(=O)N1CCC[C@@H](CCC(=O)O)C1. The lowest BCUT2D eigenvalue weighted by Crippen LogP contribution is -2.40. The first-order chi connectivity index (χ1) is 10.5. The van der Waals surface area contributed by atoms with E-state index in [-0.39, 0.29) is 18.2 Å². The van der Waals surface area contributed by atoms with Crippen LogP contribution in [0.4, 0.5) is 0 Å². The first kappa shape index (κ1) is 16.8. The zero-order chi connectivity index (χ0) is 16.1. The summed E-state index contributed by atoms with van der Waals surface area (Å²) in [5, 5.41) is 8.79. The molecule has 5 nitrogen and oxygen atoms in total. The summed E-state index contributed by atoms with van der Waals surface area (Å²) in [6.45, 7) is 1.33. The molecular formula is C16H20BrNO4. The van der Waals surface area contributed by atoms with Crippen LogP contribution >= 0.6 is 15.9 Å². The summed E-state index contributed by atoms with van der Waals surface area (Å²) in [5.41, 5.74) is 0.546. The number of carbonyl (C=O) groups is 2. The molecule has 0 radical (unpaired) electrons. The average molecular weight is 370 g/mol. The maximum Gasteiger partial charge on any atom is 0.303 e. The molecule has 0 saturated carbocycles.